The third-order valence-corrected chi connectivity index (χ3v) is 3.58. The molecule has 0 unspecified atom stereocenters. The first-order chi connectivity index (χ1) is 12.0. The molecule has 7 nitrogen and oxygen atoms in total. The molecule has 0 saturated heterocycles. The zero-order chi connectivity index (χ0) is 17.8. The van der Waals surface area contributed by atoms with Gasteiger partial charge < -0.3 is 13.9 Å². The van der Waals surface area contributed by atoms with Gasteiger partial charge in [-0.05, 0) is 43.7 Å². The lowest BCUT2D eigenvalue weighted by Gasteiger charge is -2.18. The number of hydrogen-bond acceptors (Lipinski definition) is 5. The number of aryl methyl sites for hydroxylation is 2. The van der Waals surface area contributed by atoms with E-state index >= 15 is 0 Å². The quantitative estimate of drug-likeness (QED) is 0.659. The van der Waals surface area contributed by atoms with Crippen LogP contribution in [-0.2, 0) is 4.79 Å². The highest BCUT2D eigenvalue weighted by Gasteiger charge is 2.14. The highest BCUT2D eigenvalue weighted by molar-refractivity contribution is 5.98. The third-order valence-electron chi connectivity index (χ3n) is 3.58. The van der Waals surface area contributed by atoms with Crippen molar-refractivity contribution in [3.05, 3.63) is 53.0 Å². The van der Waals surface area contributed by atoms with E-state index in [1.165, 1.54) is 6.08 Å². The molecule has 0 saturated carbocycles. The van der Waals surface area contributed by atoms with Gasteiger partial charge in [0.1, 0.15) is 24.7 Å². The minimum absolute atomic E-state index is 0.383. The summed E-state index contributed by atoms with van der Waals surface area (Å²) in [6.07, 6.45) is 2.94. The average molecular weight is 342 g/mol. The maximum Gasteiger partial charge on any atom is 0.273 e. The van der Waals surface area contributed by atoms with Gasteiger partial charge in [0.15, 0.2) is 11.5 Å². The van der Waals surface area contributed by atoms with Crippen molar-refractivity contribution in [2.45, 2.75) is 13.8 Å². The van der Waals surface area contributed by atoms with Crippen molar-refractivity contribution >= 4 is 17.9 Å². The zero-order valence-corrected chi connectivity index (χ0v) is 13.9. The molecule has 25 heavy (non-hydrogen) atoms. The van der Waals surface area contributed by atoms with Crippen LogP contribution in [0.4, 0.5) is 0 Å². The number of ether oxygens (including phenoxy) is 2. The van der Waals surface area contributed by atoms with Gasteiger partial charge in [-0.25, -0.2) is 0 Å². The molecule has 2 N–H and O–H groups in total. The van der Waals surface area contributed by atoms with Crippen molar-refractivity contribution in [3.8, 4) is 11.5 Å². The first kappa shape index (κ1) is 16.6. The fourth-order valence-electron chi connectivity index (χ4n) is 2.42. The van der Waals surface area contributed by atoms with Gasteiger partial charge in [-0.2, -0.15) is 0 Å². The summed E-state index contributed by atoms with van der Waals surface area (Å²) in [5.41, 5.74) is 5.84. The van der Waals surface area contributed by atoms with E-state index in [1.807, 2.05) is 6.07 Å². The first-order valence-corrected chi connectivity index (χ1v) is 7.78. The second kappa shape index (κ2) is 7.12. The van der Waals surface area contributed by atoms with Crippen LogP contribution in [0.25, 0.3) is 6.08 Å². The molecule has 1 aromatic heterocycles. The monoisotopic (exact) mass is 342 g/mol. The largest absolute Gasteiger partial charge is 0.486 e. The Hall–Kier alpha value is -3.22. The Morgan fingerprint density at radius 3 is 2.52 bits per heavy atom. The van der Waals surface area contributed by atoms with Gasteiger partial charge in [0.2, 0.25) is 0 Å². The summed E-state index contributed by atoms with van der Waals surface area (Å²) >= 11 is 0. The van der Waals surface area contributed by atoms with E-state index in [0.29, 0.717) is 41.8 Å². The van der Waals surface area contributed by atoms with Crippen molar-refractivity contribution in [1.82, 2.24) is 10.9 Å². The van der Waals surface area contributed by atoms with Crippen LogP contribution in [0.3, 0.4) is 0 Å². The van der Waals surface area contributed by atoms with E-state index in [2.05, 4.69) is 10.9 Å². The second-order valence-electron chi connectivity index (χ2n) is 5.51. The van der Waals surface area contributed by atoms with Gasteiger partial charge >= 0.3 is 0 Å². The molecular weight excluding hydrogens is 324 g/mol. The highest BCUT2D eigenvalue weighted by atomic mass is 16.6. The number of amides is 2. The normalized spacial score (nSPS) is 12.9. The van der Waals surface area contributed by atoms with Gasteiger partial charge in [0.25, 0.3) is 11.8 Å². The van der Waals surface area contributed by atoms with Crippen LogP contribution < -0.4 is 20.3 Å². The second-order valence-corrected chi connectivity index (χ2v) is 5.51. The summed E-state index contributed by atoms with van der Waals surface area (Å²) < 4.78 is 16.2. The lowest BCUT2D eigenvalue weighted by molar-refractivity contribution is -0.117. The fourth-order valence-corrected chi connectivity index (χ4v) is 2.42. The average Bonchev–Trinajstić information content (AvgIpc) is 2.96. The molecule has 0 atom stereocenters. The molecule has 3 rings (SSSR count). The van der Waals surface area contributed by atoms with Crippen LogP contribution in [-0.4, -0.2) is 25.0 Å². The number of furan rings is 1. The summed E-state index contributed by atoms with van der Waals surface area (Å²) in [5, 5.41) is 0. The predicted octanol–water partition coefficient (Wildman–Crippen LogP) is 2.14. The number of carbonyl (C=O) groups excluding carboxylic acids is 2. The molecular formula is C18H18N2O5. The summed E-state index contributed by atoms with van der Waals surface area (Å²) in [4.78, 5) is 23.8. The summed E-state index contributed by atoms with van der Waals surface area (Å²) in [5.74, 6) is 1.57. The van der Waals surface area contributed by atoms with Gasteiger partial charge in [-0.3, -0.25) is 20.4 Å². The van der Waals surface area contributed by atoms with Gasteiger partial charge in [-0.15, -0.1) is 0 Å². The Balaban J connectivity index is 1.56. The molecule has 1 aliphatic rings. The summed E-state index contributed by atoms with van der Waals surface area (Å²) in [7, 11) is 0. The van der Waals surface area contributed by atoms with Gasteiger partial charge in [0.05, 0.1) is 5.56 Å². The minimum atomic E-state index is -0.457. The number of nitrogens with one attached hydrogen (secondary N) is 2. The van der Waals surface area contributed by atoms with E-state index < -0.39 is 11.8 Å². The Morgan fingerprint density at radius 1 is 1.04 bits per heavy atom. The molecule has 2 amide bonds. The molecule has 0 fully saturated rings. The van der Waals surface area contributed by atoms with Crippen LogP contribution >= 0.6 is 0 Å². The Bertz CT molecular complexity index is 838. The van der Waals surface area contributed by atoms with Crippen molar-refractivity contribution < 1.29 is 23.5 Å². The van der Waals surface area contributed by atoms with Crippen molar-refractivity contribution in [2.24, 2.45) is 0 Å². The molecule has 0 aliphatic carbocycles. The van der Waals surface area contributed by atoms with E-state index in [0.717, 1.165) is 5.56 Å². The molecule has 7 heteroatoms. The minimum Gasteiger partial charge on any atom is -0.486 e. The summed E-state index contributed by atoms with van der Waals surface area (Å²) in [6.45, 7) is 4.46. The molecule has 130 valence electrons. The van der Waals surface area contributed by atoms with Crippen LogP contribution in [0.1, 0.15) is 27.4 Å². The SMILES string of the molecule is Cc1cc(C(=O)NNC(=O)/C=C/c2ccc3c(c2)OCCO3)c(C)o1. The first-order valence-electron chi connectivity index (χ1n) is 7.78. The number of benzene rings is 1. The topological polar surface area (TPSA) is 89.8 Å². The van der Waals surface area contributed by atoms with Crippen LogP contribution in [0, 0.1) is 13.8 Å². The summed E-state index contributed by atoms with van der Waals surface area (Å²) in [6, 6.07) is 7.00. The number of hydrazine groups is 1. The lowest BCUT2D eigenvalue weighted by Crippen LogP contribution is -2.40. The van der Waals surface area contributed by atoms with E-state index in [4.69, 9.17) is 13.9 Å². The number of hydrogen-bond donors (Lipinski definition) is 2. The van der Waals surface area contributed by atoms with Crippen LogP contribution in [0.15, 0.2) is 34.8 Å². The zero-order valence-electron chi connectivity index (χ0n) is 13.9. The molecule has 0 radical (unpaired) electrons. The van der Waals surface area contributed by atoms with Crippen molar-refractivity contribution in [3.63, 3.8) is 0 Å². The maximum atomic E-state index is 12.0. The molecule has 2 aromatic rings. The molecule has 0 bridgehead atoms. The molecule has 1 aromatic carbocycles. The Morgan fingerprint density at radius 2 is 1.80 bits per heavy atom. The number of rotatable bonds is 3. The molecule has 0 spiro atoms. The van der Waals surface area contributed by atoms with E-state index in [1.54, 1.807) is 38.1 Å². The molecule has 2 heterocycles. The Kier molecular flexibility index (Phi) is 4.74. The van der Waals surface area contributed by atoms with E-state index in [-0.39, 0.29) is 0 Å². The fraction of sp³-hybridized carbons (Fsp3) is 0.222. The standard InChI is InChI=1S/C18H18N2O5/c1-11-9-14(12(2)25-11)18(22)20-19-17(21)6-4-13-3-5-15-16(10-13)24-8-7-23-15/h3-6,9-10H,7-8H2,1-2H3,(H,19,21)(H,20,22)/b6-4+. The number of carbonyl (C=O) groups is 2. The smallest absolute Gasteiger partial charge is 0.273 e. The van der Waals surface area contributed by atoms with Crippen molar-refractivity contribution in [1.29, 1.82) is 0 Å². The third kappa shape index (κ3) is 4.00. The lowest BCUT2D eigenvalue weighted by atomic mass is 10.2. The van der Waals surface area contributed by atoms with Gasteiger partial charge in [-0.1, -0.05) is 6.07 Å². The Labute approximate surface area is 144 Å². The highest BCUT2D eigenvalue weighted by Crippen LogP contribution is 2.31. The van der Waals surface area contributed by atoms with E-state index in [9.17, 15) is 9.59 Å². The van der Waals surface area contributed by atoms with Gasteiger partial charge in [0, 0.05) is 6.08 Å². The predicted molar refractivity (Wildman–Crippen MR) is 90.3 cm³/mol. The molecule has 1 aliphatic heterocycles. The van der Waals surface area contributed by atoms with Crippen molar-refractivity contribution in [2.75, 3.05) is 13.2 Å². The maximum absolute atomic E-state index is 12.0. The van der Waals surface area contributed by atoms with Crippen LogP contribution in [0.5, 0.6) is 11.5 Å². The van der Waals surface area contributed by atoms with Crippen LogP contribution in [0.2, 0.25) is 0 Å². The number of fused-ring (bicyclic) bond motifs is 1.